The number of hydrogen-bond donors (Lipinski definition) is 1. The highest BCUT2D eigenvalue weighted by Gasteiger charge is 2.39. The summed E-state index contributed by atoms with van der Waals surface area (Å²) >= 11 is 0. The van der Waals surface area contributed by atoms with E-state index in [1.54, 1.807) is 0 Å². The summed E-state index contributed by atoms with van der Waals surface area (Å²) in [7, 11) is 0. The van der Waals surface area contributed by atoms with Crippen LogP contribution in [0.3, 0.4) is 0 Å². The number of nitrogens with one attached hydrogen (secondary N) is 1. The fraction of sp³-hybridized carbons (Fsp3) is 0.562. The minimum Gasteiger partial charge on any atom is -0.325 e. The Morgan fingerprint density at radius 1 is 1.21 bits per heavy atom. The maximum Gasteiger partial charge on any atom is 0.238 e. The normalized spacial score (nSPS) is 25.8. The van der Waals surface area contributed by atoms with Crippen molar-refractivity contribution in [1.29, 1.82) is 0 Å². The second kappa shape index (κ2) is 4.97. The molecule has 3 nitrogen and oxygen atoms in total. The lowest BCUT2D eigenvalue weighted by Gasteiger charge is -2.21. The van der Waals surface area contributed by atoms with Crippen LogP contribution < -0.4 is 5.32 Å². The van der Waals surface area contributed by atoms with E-state index in [9.17, 15) is 4.79 Å². The van der Waals surface area contributed by atoms with Crippen LogP contribution in [0, 0.1) is 13.8 Å². The van der Waals surface area contributed by atoms with Gasteiger partial charge in [-0.25, -0.2) is 0 Å². The number of benzene rings is 1. The van der Waals surface area contributed by atoms with Crippen LogP contribution in [-0.2, 0) is 4.79 Å². The Morgan fingerprint density at radius 3 is 2.42 bits per heavy atom. The summed E-state index contributed by atoms with van der Waals surface area (Å²) in [5.74, 6) is 0.130. The molecular weight excluding hydrogens is 236 g/mol. The van der Waals surface area contributed by atoms with E-state index in [1.807, 2.05) is 19.1 Å². The van der Waals surface area contributed by atoms with Crippen LogP contribution in [0.15, 0.2) is 18.2 Å². The Morgan fingerprint density at radius 2 is 1.84 bits per heavy atom. The smallest absolute Gasteiger partial charge is 0.238 e. The summed E-state index contributed by atoms with van der Waals surface area (Å²) in [6.07, 6.45) is 5.12. The quantitative estimate of drug-likeness (QED) is 0.904. The second-order valence-corrected chi connectivity index (χ2v) is 6.00. The molecule has 2 saturated heterocycles. The van der Waals surface area contributed by atoms with Crippen LogP contribution in [0.1, 0.15) is 36.8 Å². The molecule has 2 fully saturated rings. The molecule has 19 heavy (non-hydrogen) atoms. The molecule has 1 N–H and O–H groups in total. The number of carbonyl (C=O) groups is 1. The molecule has 1 aromatic rings. The first-order valence-electron chi connectivity index (χ1n) is 7.26. The zero-order valence-corrected chi connectivity index (χ0v) is 11.8. The molecule has 2 heterocycles. The van der Waals surface area contributed by atoms with Crippen molar-refractivity contribution in [2.45, 2.75) is 51.6 Å². The first-order chi connectivity index (χ1) is 9.13. The molecule has 1 amide bonds. The van der Waals surface area contributed by atoms with E-state index in [1.165, 1.54) is 31.2 Å². The molecule has 0 aliphatic carbocycles. The third-order valence-corrected chi connectivity index (χ3v) is 4.59. The third kappa shape index (κ3) is 2.52. The Bertz CT molecular complexity index is 478. The molecule has 0 unspecified atom stereocenters. The van der Waals surface area contributed by atoms with Gasteiger partial charge in [-0.2, -0.15) is 0 Å². The van der Waals surface area contributed by atoms with Gasteiger partial charge in [0.25, 0.3) is 0 Å². The number of amides is 1. The Labute approximate surface area is 115 Å². The van der Waals surface area contributed by atoms with Crippen LogP contribution >= 0.6 is 0 Å². The number of nitrogens with zero attached hydrogens (tertiary/aromatic N) is 1. The average molecular weight is 258 g/mol. The average Bonchev–Trinajstić information content (AvgIpc) is 2.92. The first kappa shape index (κ1) is 12.7. The Hall–Kier alpha value is -1.35. The molecule has 0 radical (unpaired) electrons. The SMILES string of the molecule is Cc1ccc(NC(=O)CN2C3CCC2CC3)c(C)c1. The van der Waals surface area contributed by atoms with Crippen molar-refractivity contribution in [3.63, 3.8) is 0 Å². The van der Waals surface area contributed by atoms with E-state index in [0.29, 0.717) is 18.6 Å². The largest absolute Gasteiger partial charge is 0.325 e. The van der Waals surface area contributed by atoms with Gasteiger partial charge in [-0.1, -0.05) is 17.7 Å². The molecule has 0 saturated carbocycles. The first-order valence-corrected chi connectivity index (χ1v) is 7.26. The molecule has 3 rings (SSSR count). The lowest BCUT2D eigenvalue weighted by atomic mass is 10.0. The maximum atomic E-state index is 12.2. The number of anilines is 1. The number of hydrogen-bond acceptors (Lipinski definition) is 2. The van der Waals surface area contributed by atoms with Crippen molar-refractivity contribution in [1.82, 2.24) is 4.90 Å². The lowest BCUT2D eigenvalue weighted by Crippen LogP contribution is -2.36. The summed E-state index contributed by atoms with van der Waals surface area (Å²) in [5, 5.41) is 3.05. The van der Waals surface area contributed by atoms with Crippen molar-refractivity contribution < 1.29 is 4.79 Å². The summed E-state index contributed by atoms with van der Waals surface area (Å²) in [4.78, 5) is 14.6. The van der Waals surface area contributed by atoms with E-state index in [4.69, 9.17) is 0 Å². The summed E-state index contributed by atoms with van der Waals surface area (Å²) < 4.78 is 0. The van der Waals surface area contributed by atoms with E-state index in [0.717, 1.165) is 11.3 Å². The molecule has 0 aromatic heterocycles. The Balaban J connectivity index is 1.62. The van der Waals surface area contributed by atoms with Gasteiger partial charge in [0.05, 0.1) is 6.54 Å². The van der Waals surface area contributed by atoms with Crippen molar-refractivity contribution in [3.05, 3.63) is 29.3 Å². The molecule has 1 aromatic carbocycles. The van der Waals surface area contributed by atoms with Gasteiger partial charge in [0.15, 0.2) is 0 Å². The van der Waals surface area contributed by atoms with Crippen LogP contribution in [0.2, 0.25) is 0 Å². The highest BCUT2D eigenvalue weighted by molar-refractivity contribution is 5.93. The van der Waals surface area contributed by atoms with Crippen LogP contribution in [0.4, 0.5) is 5.69 Å². The van der Waals surface area contributed by atoms with Crippen LogP contribution in [0.25, 0.3) is 0 Å². The van der Waals surface area contributed by atoms with Crippen LogP contribution in [-0.4, -0.2) is 29.4 Å². The highest BCUT2D eigenvalue weighted by Crippen LogP contribution is 2.36. The van der Waals surface area contributed by atoms with Gasteiger partial charge in [0.1, 0.15) is 0 Å². The van der Waals surface area contributed by atoms with Crippen molar-refractivity contribution in [3.8, 4) is 0 Å². The van der Waals surface area contributed by atoms with Gasteiger partial charge in [-0.05, 0) is 51.2 Å². The predicted molar refractivity (Wildman–Crippen MR) is 77.3 cm³/mol. The standard InChI is InChI=1S/C16H22N2O/c1-11-3-8-15(12(2)9-11)17-16(19)10-18-13-4-5-14(18)7-6-13/h3,8-9,13-14H,4-7,10H2,1-2H3,(H,17,19). The fourth-order valence-corrected chi connectivity index (χ4v) is 3.59. The third-order valence-electron chi connectivity index (χ3n) is 4.59. The van der Waals surface area contributed by atoms with Crippen molar-refractivity contribution in [2.24, 2.45) is 0 Å². The molecule has 0 atom stereocenters. The fourth-order valence-electron chi connectivity index (χ4n) is 3.59. The number of carbonyl (C=O) groups excluding carboxylic acids is 1. The highest BCUT2D eigenvalue weighted by atomic mass is 16.2. The monoisotopic (exact) mass is 258 g/mol. The summed E-state index contributed by atoms with van der Waals surface area (Å²) in [5.41, 5.74) is 3.31. The van der Waals surface area contributed by atoms with E-state index in [2.05, 4.69) is 23.2 Å². The molecular formula is C16H22N2O. The molecule has 3 heteroatoms. The van der Waals surface area contributed by atoms with Gasteiger partial charge < -0.3 is 5.32 Å². The van der Waals surface area contributed by atoms with Crippen molar-refractivity contribution >= 4 is 11.6 Å². The van der Waals surface area contributed by atoms with Gasteiger partial charge in [-0.15, -0.1) is 0 Å². The van der Waals surface area contributed by atoms with Gasteiger partial charge in [0, 0.05) is 17.8 Å². The minimum atomic E-state index is 0.130. The van der Waals surface area contributed by atoms with E-state index in [-0.39, 0.29) is 5.91 Å². The number of rotatable bonds is 3. The molecule has 0 spiro atoms. The van der Waals surface area contributed by atoms with Crippen molar-refractivity contribution in [2.75, 3.05) is 11.9 Å². The molecule has 2 aliphatic heterocycles. The van der Waals surface area contributed by atoms with Crippen LogP contribution in [0.5, 0.6) is 0 Å². The topological polar surface area (TPSA) is 32.3 Å². The summed E-state index contributed by atoms with van der Waals surface area (Å²) in [6.45, 7) is 4.67. The van der Waals surface area contributed by atoms with Gasteiger partial charge in [-0.3, -0.25) is 9.69 Å². The molecule has 102 valence electrons. The predicted octanol–water partition coefficient (Wildman–Crippen LogP) is 2.87. The summed E-state index contributed by atoms with van der Waals surface area (Å²) in [6, 6.07) is 7.48. The zero-order chi connectivity index (χ0) is 13.4. The maximum absolute atomic E-state index is 12.2. The second-order valence-electron chi connectivity index (χ2n) is 6.00. The van der Waals surface area contributed by atoms with Gasteiger partial charge >= 0.3 is 0 Å². The van der Waals surface area contributed by atoms with E-state index < -0.39 is 0 Å². The number of fused-ring (bicyclic) bond motifs is 2. The minimum absolute atomic E-state index is 0.130. The Kier molecular flexibility index (Phi) is 3.31. The molecule has 2 bridgehead atoms. The zero-order valence-electron chi connectivity index (χ0n) is 11.8. The van der Waals surface area contributed by atoms with E-state index >= 15 is 0 Å². The van der Waals surface area contributed by atoms with Gasteiger partial charge in [0.2, 0.25) is 5.91 Å². The molecule has 2 aliphatic rings. The lowest BCUT2D eigenvalue weighted by molar-refractivity contribution is -0.117. The number of aryl methyl sites for hydroxylation is 2.